The van der Waals surface area contributed by atoms with Gasteiger partial charge in [-0.2, -0.15) is 0 Å². The normalized spacial score (nSPS) is 15.5. The molecule has 0 spiro atoms. The largest absolute Gasteiger partial charge is 0.352 e. The molecule has 3 nitrogen and oxygen atoms in total. The lowest BCUT2D eigenvalue weighted by Gasteiger charge is -1.98. The van der Waals surface area contributed by atoms with Crippen molar-refractivity contribution in [2.75, 3.05) is 6.54 Å². The van der Waals surface area contributed by atoms with Crippen LogP contribution >= 0.6 is 0 Å². The second-order valence-corrected chi connectivity index (χ2v) is 3.81. The van der Waals surface area contributed by atoms with Gasteiger partial charge in [-0.3, -0.25) is 9.78 Å². The number of pyridine rings is 1. The van der Waals surface area contributed by atoms with Crippen LogP contribution in [0, 0.1) is 5.92 Å². The number of hydrogen-bond donors (Lipinski definition) is 1. The third kappa shape index (κ3) is 3.54. The Kier molecular flexibility index (Phi) is 3.12. The second kappa shape index (κ2) is 4.73. The Labute approximate surface area is 89.2 Å². The van der Waals surface area contributed by atoms with Gasteiger partial charge in [0, 0.05) is 25.0 Å². The molecule has 1 aromatic heterocycles. The van der Waals surface area contributed by atoms with Crippen LogP contribution in [0.3, 0.4) is 0 Å². The van der Waals surface area contributed by atoms with Crippen molar-refractivity contribution in [3.8, 4) is 0 Å². The van der Waals surface area contributed by atoms with Crippen molar-refractivity contribution in [1.29, 1.82) is 0 Å². The molecule has 2 rings (SSSR count). The van der Waals surface area contributed by atoms with Crippen LogP contribution in [0.5, 0.6) is 0 Å². The van der Waals surface area contributed by atoms with Gasteiger partial charge >= 0.3 is 0 Å². The Morgan fingerprint density at radius 2 is 2.47 bits per heavy atom. The minimum absolute atomic E-state index is 0.0225. The highest BCUT2D eigenvalue weighted by Gasteiger charge is 2.20. The molecule has 0 atom stereocenters. The molecule has 0 unspecified atom stereocenters. The van der Waals surface area contributed by atoms with E-state index in [0.29, 0.717) is 0 Å². The molecule has 1 aliphatic carbocycles. The van der Waals surface area contributed by atoms with Crippen LogP contribution in [0.25, 0.3) is 6.08 Å². The van der Waals surface area contributed by atoms with Crippen molar-refractivity contribution >= 4 is 12.0 Å². The highest BCUT2D eigenvalue weighted by molar-refractivity contribution is 5.91. The molecule has 1 N–H and O–H groups in total. The van der Waals surface area contributed by atoms with Crippen LogP contribution in [0.1, 0.15) is 18.4 Å². The van der Waals surface area contributed by atoms with Gasteiger partial charge in [0.05, 0.1) is 0 Å². The molecule has 0 aliphatic heterocycles. The monoisotopic (exact) mass is 202 g/mol. The van der Waals surface area contributed by atoms with Gasteiger partial charge in [-0.1, -0.05) is 6.07 Å². The highest BCUT2D eigenvalue weighted by atomic mass is 16.1. The van der Waals surface area contributed by atoms with E-state index < -0.39 is 0 Å². The SMILES string of the molecule is O=C(C=Cc1cccnc1)NCC1CC1. The maximum atomic E-state index is 11.3. The standard InChI is InChI=1S/C12H14N2O/c15-12(14-9-11-3-4-11)6-5-10-2-1-7-13-8-10/h1-2,5-8,11H,3-4,9H2,(H,14,15). The number of carbonyl (C=O) groups is 1. The zero-order chi connectivity index (χ0) is 10.5. The van der Waals surface area contributed by atoms with E-state index in [9.17, 15) is 4.79 Å². The Balaban J connectivity index is 1.79. The zero-order valence-corrected chi connectivity index (χ0v) is 8.52. The molecule has 1 fully saturated rings. The van der Waals surface area contributed by atoms with Crippen LogP contribution in [-0.2, 0) is 4.79 Å². The number of rotatable bonds is 4. The summed E-state index contributed by atoms with van der Waals surface area (Å²) in [6.07, 6.45) is 9.28. The van der Waals surface area contributed by atoms with Crippen molar-refractivity contribution < 1.29 is 4.79 Å². The molecule has 15 heavy (non-hydrogen) atoms. The van der Waals surface area contributed by atoms with Crippen molar-refractivity contribution in [3.05, 3.63) is 36.2 Å². The first-order valence-corrected chi connectivity index (χ1v) is 5.20. The molecule has 0 saturated heterocycles. The molecule has 0 bridgehead atoms. The molecular weight excluding hydrogens is 188 g/mol. The minimum atomic E-state index is -0.0225. The van der Waals surface area contributed by atoms with Gasteiger partial charge in [-0.05, 0) is 36.5 Å². The van der Waals surface area contributed by atoms with Gasteiger partial charge in [-0.15, -0.1) is 0 Å². The Hall–Kier alpha value is -1.64. The third-order valence-corrected chi connectivity index (χ3v) is 2.37. The van der Waals surface area contributed by atoms with E-state index in [-0.39, 0.29) is 5.91 Å². The summed E-state index contributed by atoms with van der Waals surface area (Å²) in [6.45, 7) is 0.816. The molecule has 0 radical (unpaired) electrons. The molecule has 1 saturated carbocycles. The first kappa shape index (κ1) is 9.90. The summed E-state index contributed by atoms with van der Waals surface area (Å²) in [5, 5.41) is 2.87. The topological polar surface area (TPSA) is 42.0 Å². The van der Waals surface area contributed by atoms with Crippen LogP contribution < -0.4 is 5.32 Å². The summed E-state index contributed by atoms with van der Waals surface area (Å²) >= 11 is 0. The van der Waals surface area contributed by atoms with E-state index in [1.165, 1.54) is 12.8 Å². The fourth-order valence-electron chi connectivity index (χ4n) is 1.27. The predicted molar refractivity (Wildman–Crippen MR) is 59.0 cm³/mol. The van der Waals surface area contributed by atoms with E-state index >= 15 is 0 Å². The molecule has 1 aromatic rings. The van der Waals surface area contributed by atoms with Gasteiger partial charge in [0.25, 0.3) is 0 Å². The molecule has 1 amide bonds. The summed E-state index contributed by atoms with van der Waals surface area (Å²) in [7, 11) is 0. The molecule has 1 aliphatic rings. The quantitative estimate of drug-likeness (QED) is 0.754. The smallest absolute Gasteiger partial charge is 0.244 e. The molecule has 78 valence electrons. The number of amides is 1. The first-order chi connectivity index (χ1) is 7.34. The molecule has 1 heterocycles. The summed E-state index contributed by atoms with van der Waals surface area (Å²) in [6, 6.07) is 3.76. The van der Waals surface area contributed by atoms with Gasteiger partial charge < -0.3 is 5.32 Å². The molecule has 3 heteroatoms. The summed E-state index contributed by atoms with van der Waals surface area (Å²) in [5.74, 6) is 0.700. The predicted octanol–water partition coefficient (Wildman–Crippen LogP) is 1.62. The Morgan fingerprint density at radius 1 is 1.60 bits per heavy atom. The minimum Gasteiger partial charge on any atom is -0.352 e. The van der Waals surface area contributed by atoms with Gasteiger partial charge in [0.15, 0.2) is 0 Å². The average Bonchev–Trinajstić information content (AvgIpc) is 3.09. The first-order valence-electron chi connectivity index (χ1n) is 5.20. The van der Waals surface area contributed by atoms with E-state index in [1.54, 1.807) is 24.5 Å². The fraction of sp³-hybridized carbons (Fsp3) is 0.333. The van der Waals surface area contributed by atoms with Crippen molar-refractivity contribution in [1.82, 2.24) is 10.3 Å². The Morgan fingerprint density at radius 3 is 3.13 bits per heavy atom. The van der Waals surface area contributed by atoms with Gasteiger partial charge in [-0.25, -0.2) is 0 Å². The summed E-state index contributed by atoms with van der Waals surface area (Å²) < 4.78 is 0. The lowest BCUT2D eigenvalue weighted by molar-refractivity contribution is -0.116. The average molecular weight is 202 g/mol. The third-order valence-electron chi connectivity index (χ3n) is 2.37. The second-order valence-electron chi connectivity index (χ2n) is 3.81. The van der Waals surface area contributed by atoms with Crippen molar-refractivity contribution in [2.45, 2.75) is 12.8 Å². The van der Waals surface area contributed by atoms with E-state index in [2.05, 4.69) is 10.3 Å². The van der Waals surface area contributed by atoms with Crippen LogP contribution in [0.4, 0.5) is 0 Å². The fourth-order valence-corrected chi connectivity index (χ4v) is 1.27. The summed E-state index contributed by atoms with van der Waals surface area (Å²) in [5.41, 5.74) is 0.944. The van der Waals surface area contributed by atoms with Crippen molar-refractivity contribution in [3.63, 3.8) is 0 Å². The number of hydrogen-bond acceptors (Lipinski definition) is 2. The zero-order valence-electron chi connectivity index (χ0n) is 8.52. The van der Waals surface area contributed by atoms with E-state index in [1.807, 2.05) is 12.1 Å². The number of nitrogens with zero attached hydrogens (tertiary/aromatic N) is 1. The van der Waals surface area contributed by atoms with Gasteiger partial charge in [0.1, 0.15) is 0 Å². The molecule has 0 aromatic carbocycles. The van der Waals surface area contributed by atoms with E-state index in [4.69, 9.17) is 0 Å². The van der Waals surface area contributed by atoms with E-state index in [0.717, 1.165) is 18.0 Å². The summed E-state index contributed by atoms with van der Waals surface area (Å²) in [4.78, 5) is 15.3. The lowest BCUT2D eigenvalue weighted by Crippen LogP contribution is -2.23. The van der Waals surface area contributed by atoms with Crippen LogP contribution in [0.2, 0.25) is 0 Å². The maximum Gasteiger partial charge on any atom is 0.244 e. The highest BCUT2D eigenvalue weighted by Crippen LogP contribution is 2.27. The molecular formula is C12H14N2O. The Bertz CT molecular complexity index is 355. The van der Waals surface area contributed by atoms with Crippen LogP contribution in [-0.4, -0.2) is 17.4 Å². The van der Waals surface area contributed by atoms with Gasteiger partial charge in [0.2, 0.25) is 5.91 Å². The van der Waals surface area contributed by atoms with Crippen LogP contribution in [0.15, 0.2) is 30.6 Å². The number of aromatic nitrogens is 1. The number of carbonyl (C=O) groups excluding carboxylic acids is 1. The number of nitrogens with one attached hydrogen (secondary N) is 1. The van der Waals surface area contributed by atoms with Crippen molar-refractivity contribution in [2.24, 2.45) is 5.92 Å². The maximum absolute atomic E-state index is 11.3. The lowest BCUT2D eigenvalue weighted by atomic mass is 10.2.